The van der Waals surface area contributed by atoms with Crippen LogP contribution in [0.15, 0.2) is 9.21 Å². The third-order valence-electron chi connectivity index (χ3n) is 1.54. The lowest BCUT2D eigenvalue weighted by Crippen LogP contribution is -2.37. The van der Waals surface area contributed by atoms with Crippen molar-refractivity contribution in [2.75, 3.05) is 6.61 Å². The number of carbonyl (C=O) groups is 1. The molecule has 84 valence electrons. The minimum absolute atomic E-state index is 0.0224. The van der Waals surface area contributed by atoms with E-state index in [4.69, 9.17) is 5.11 Å². The zero-order chi connectivity index (χ0) is 11.4. The van der Waals surface area contributed by atoms with Crippen LogP contribution < -0.4 is 5.32 Å². The topological polar surface area (TPSA) is 80.0 Å². The molecule has 1 amide bonds. The van der Waals surface area contributed by atoms with Gasteiger partial charge in [-0.1, -0.05) is 0 Å². The van der Waals surface area contributed by atoms with Crippen LogP contribution in [0.1, 0.15) is 6.92 Å². The van der Waals surface area contributed by atoms with E-state index in [1.807, 2.05) is 0 Å². The second-order valence-corrected chi connectivity index (χ2v) is 4.47. The van der Waals surface area contributed by atoms with Crippen molar-refractivity contribution in [1.29, 1.82) is 0 Å². The number of carbonyl (C=O) groups excluding carboxylic acids is 1. The lowest BCUT2D eigenvalue weighted by atomic mass is 10.3. The molecule has 1 rings (SSSR count). The molecular weight excluding hydrogens is 332 g/mol. The van der Waals surface area contributed by atoms with Crippen LogP contribution in [0.2, 0.25) is 0 Å². The van der Waals surface area contributed by atoms with Crippen LogP contribution in [0, 0.1) is 0 Å². The third kappa shape index (κ3) is 3.88. The van der Waals surface area contributed by atoms with Gasteiger partial charge in [-0.3, -0.25) is 4.79 Å². The fourth-order valence-electron chi connectivity index (χ4n) is 0.873. The van der Waals surface area contributed by atoms with Gasteiger partial charge in [-0.15, -0.1) is 10.2 Å². The molecule has 0 bridgehead atoms. The number of aliphatic hydroxyl groups is 1. The molecule has 1 unspecified atom stereocenters. The Hall–Kier alpha value is -0.470. The molecule has 0 saturated carbocycles. The normalized spacial score (nSPS) is 12.5. The van der Waals surface area contributed by atoms with E-state index in [2.05, 4.69) is 47.4 Å². The standard InChI is InChI=1S/C7H10Br2N4O2/c1-4(3-14)10-5(15)2-13-11-6(8)7(9)12-13/h4,14H,2-3H2,1H3,(H,10,15). The molecule has 6 nitrogen and oxygen atoms in total. The first-order chi connectivity index (χ1) is 7.02. The van der Waals surface area contributed by atoms with Gasteiger partial charge in [-0.05, 0) is 38.8 Å². The SMILES string of the molecule is CC(CO)NC(=O)Cn1nc(Br)c(Br)n1. The van der Waals surface area contributed by atoms with Crippen LogP contribution in [0.3, 0.4) is 0 Å². The summed E-state index contributed by atoms with van der Waals surface area (Å²) in [5.74, 6) is -0.244. The van der Waals surface area contributed by atoms with Gasteiger partial charge in [0, 0.05) is 6.04 Å². The number of aromatic nitrogens is 3. The molecule has 0 spiro atoms. The number of amides is 1. The second-order valence-electron chi connectivity index (χ2n) is 2.96. The van der Waals surface area contributed by atoms with E-state index in [0.717, 1.165) is 0 Å². The van der Waals surface area contributed by atoms with Gasteiger partial charge in [0.2, 0.25) is 5.91 Å². The zero-order valence-corrected chi connectivity index (χ0v) is 11.1. The molecule has 1 aromatic rings. The first kappa shape index (κ1) is 12.6. The van der Waals surface area contributed by atoms with Crippen LogP contribution in [-0.2, 0) is 11.3 Å². The molecule has 0 aliphatic rings. The molecule has 0 radical (unpaired) electrons. The quantitative estimate of drug-likeness (QED) is 0.825. The molecule has 1 aromatic heterocycles. The van der Waals surface area contributed by atoms with E-state index >= 15 is 0 Å². The van der Waals surface area contributed by atoms with Crippen LogP contribution in [-0.4, -0.2) is 38.7 Å². The molecular formula is C7H10Br2N4O2. The Kier molecular flexibility index (Phi) is 4.68. The monoisotopic (exact) mass is 340 g/mol. The number of nitrogens with one attached hydrogen (secondary N) is 1. The zero-order valence-electron chi connectivity index (χ0n) is 7.94. The molecule has 0 aliphatic heterocycles. The summed E-state index contributed by atoms with van der Waals surface area (Å²) in [4.78, 5) is 12.6. The number of aliphatic hydroxyl groups excluding tert-OH is 1. The Morgan fingerprint density at radius 2 is 2.07 bits per heavy atom. The fraction of sp³-hybridized carbons (Fsp3) is 0.571. The highest BCUT2D eigenvalue weighted by molar-refractivity contribution is 9.13. The number of hydrogen-bond acceptors (Lipinski definition) is 4. The average molecular weight is 342 g/mol. The molecule has 0 aliphatic carbocycles. The third-order valence-corrected chi connectivity index (χ3v) is 3.14. The molecule has 8 heteroatoms. The number of halogens is 2. The Morgan fingerprint density at radius 1 is 1.53 bits per heavy atom. The van der Waals surface area contributed by atoms with Gasteiger partial charge in [0.25, 0.3) is 0 Å². The smallest absolute Gasteiger partial charge is 0.243 e. The van der Waals surface area contributed by atoms with Crippen molar-refractivity contribution in [3.05, 3.63) is 9.21 Å². The number of hydrogen-bond donors (Lipinski definition) is 2. The average Bonchev–Trinajstić information content (AvgIpc) is 2.45. The van der Waals surface area contributed by atoms with Crippen molar-refractivity contribution in [2.24, 2.45) is 0 Å². The summed E-state index contributed by atoms with van der Waals surface area (Å²) in [5.41, 5.74) is 0. The van der Waals surface area contributed by atoms with Gasteiger partial charge in [0.15, 0.2) is 9.21 Å². The maximum absolute atomic E-state index is 11.3. The van der Waals surface area contributed by atoms with Crippen molar-refractivity contribution in [3.63, 3.8) is 0 Å². The highest BCUT2D eigenvalue weighted by atomic mass is 79.9. The van der Waals surface area contributed by atoms with E-state index in [-0.39, 0.29) is 25.1 Å². The summed E-state index contributed by atoms with van der Waals surface area (Å²) in [6, 6.07) is -0.264. The number of rotatable bonds is 4. The van der Waals surface area contributed by atoms with Crippen LogP contribution in [0.25, 0.3) is 0 Å². The van der Waals surface area contributed by atoms with Gasteiger partial charge < -0.3 is 10.4 Å². The molecule has 0 saturated heterocycles. The maximum atomic E-state index is 11.3. The summed E-state index contributed by atoms with van der Waals surface area (Å²) < 4.78 is 1.09. The predicted molar refractivity (Wildman–Crippen MR) is 60.1 cm³/mol. The first-order valence-corrected chi connectivity index (χ1v) is 5.78. The predicted octanol–water partition coefficient (Wildman–Crippen LogP) is 0.300. The lowest BCUT2D eigenvalue weighted by Gasteiger charge is -2.09. The van der Waals surface area contributed by atoms with E-state index in [1.165, 1.54) is 4.80 Å². The summed E-state index contributed by atoms with van der Waals surface area (Å²) in [6.45, 7) is 1.64. The summed E-state index contributed by atoms with van der Waals surface area (Å²) >= 11 is 6.31. The fourth-order valence-corrected chi connectivity index (χ4v) is 1.40. The maximum Gasteiger partial charge on any atom is 0.243 e. The van der Waals surface area contributed by atoms with Crippen LogP contribution in [0.5, 0.6) is 0 Å². The van der Waals surface area contributed by atoms with Crippen LogP contribution >= 0.6 is 31.9 Å². The molecule has 1 heterocycles. The largest absolute Gasteiger partial charge is 0.394 e. The Bertz CT molecular complexity index is 335. The first-order valence-electron chi connectivity index (χ1n) is 4.19. The second kappa shape index (κ2) is 5.57. The van der Waals surface area contributed by atoms with E-state index in [1.54, 1.807) is 6.92 Å². The summed E-state index contributed by atoms with van der Waals surface area (Å²) in [5, 5.41) is 19.2. The van der Waals surface area contributed by atoms with Crippen molar-refractivity contribution in [2.45, 2.75) is 19.5 Å². The van der Waals surface area contributed by atoms with E-state index in [9.17, 15) is 4.79 Å². The molecule has 1 atom stereocenters. The molecule has 0 fully saturated rings. The van der Waals surface area contributed by atoms with E-state index < -0.39 is 0 Å². The van der Waals surface area contributed by atoms with Gasteiger partial charge in [-0.2, -0.15) is 4.80 Å². The molecule has 15 heavy (non-hydrogen) atoms. The van der Waals surface area contributed by atoms with Gasteiger partial charge in [-0.25, -0.2) is 0 Å². The Labute approximate surface area is 103 Å². The lowest BCUT2D eigenvalue weighted by molar-refractivity contribution is -0.122. The van der Waals surface area contributed by atoms with Crippen molar-refractivity contribution in [1.82, 2.24) is 20.3 Å². The summed E-state index contributed by atoms with van der Waals surface area (Å²) in [7, 11) is 0. The Morgan fingerprint density at radius 3 is 2.53 bits per heavy atom. The Balaban J connectivity index is 2.51. The summed E-state index contributed by atoms with van der Waals surface area (Å²) in [6.07, 6.45) is 0. The van der Waals surface area contributed by atoms with Crippen molar-refractivity contribution < 1.29 is 9.90 Å². The highest BCUT2D eigenvalue weighted by Crippen LogP contribution is 2.16. The van der Waals surface area contributed by atoms with E-state index in [0.29, 0.717) is 9.21 Å². The van der Waals surface area contributed by atoms with Gasteiger partial charge in [0.1, 0.15) is 6.54 Å². The van der Waals surface area contributed by atoms with Crippen molar-refractivity contribution >= 4 is 37.8 Å². The highest BCUT2D eigenvalue weighted by Gasteiger charge is 2.10. The minimum atomic E-state index is -0.264. The van der Waals surface area contributed by atoms with Crippen LogP contribution in [0.4, 0.5) is 0 Å². The molecule has 2 N–H and O–H groups in total. The molecule has 0 aromatic carbocycles. The van der Waals surface area contributed by atoms with Gasteiger partial charge in [0.05, 0.1) is 6.61 Å². The minimum Gasteiger partial charge on any atom is -0.394 e. The van der Waals surface area contributed by atoms with Gasteiger partial charge >= 0.3 is 0 Å². The number of nitrogens with zero attached hydrogens (tertiary/aromatic N) is 3. The van der Waals surface area contributed by atoms with Crippen molar-refractivity contribution in [3.8, 4) is 0 Å².